The normalized spacial score (nSPS) is 14.2. The van der Waals surface area contributed by atoms with Gasteiger partial charge in [0, 0.05) is 17.0 Å². The van der Waals surface area contributed by atoms with Crippen LogP contribution in [0.1, 0.15) is 20.8 Å². The molecular formula is C28H27N3O4. The highest BCUT2D eigenvalue weighted by Gasteiger charge is 2.27. The molecule has 2 heterocycles. The Labute approximate surface area is 203 Å². The molecule has 0 spiro atoms. The van der Waals surface area contributed by atoms with E-state index in [9.17, 15) is 4.79 Å². The third-order valence-corrected chi connectivity index (χ3v) is 5.93. The van der Waals surface area contributed by atoms with Crippen LogP contribution in [0.15, 0.2) is 82.2 Å². The number of hydrogen-bond acceptors (Lipinski definition) is 6. The smallest absolute Gasteiger partial charge is 0.241 e. The van der Waals surface area contributed by atoms with Gasteiger partial charge in [-0.1, -0.05) is 45.0 Å². The molecule has 1 amide bonds. The monoisotopic (exact) mass is 469 g/mol. The molecule has 7 heteroatoms. The summed E-state index contributed by atoms with van der Waals surface area (Å²) < 4.78 is 17.2. The number of hydrogen-bond donors (Lipinski definition) is 2. The van der Waals surface area contributed by atoms with Crippen LogP contribution in [-0.4, -0.2) is 18.7 Å². The molecule has 0 radical (unpaired) electrons. The molecule has 0 fully saturated rings. The first-order valence-electron chi connectivity index (χ1n) is 11.4. The van der Waals surface area contributed by atoms with E-state index in [4.69, 9.17) is 24.6 Å². The second-order valence-corrected chi connectivity index (χ2v) is 9.52. The summed E-state index contributed by atoms with van der Waals surface area (Å²) in [5.41, 5.74) is 8.54. The van der Waals surface area contributed by atoms with Crippen LogP contribution in [0, 0.1) is 5.41 Å². The number of fused-ring (bicyclic) bond motifs is 2. The van der Waals surface area contributed by atoms with Gasteiger partial charge in [-0.25, -0.2) is 4.99 Å². The van der Waals surface area contributed by atoms with Crippen LogP contribution < -0.4 is 25.9 Å². The summed E-state index contributed by atoms with van der Waals surface area (Å²) in [6.07, 6.45) is 0. The Morgan fingerprint density at radius 2 is 1.71 bits per heavy atom. The van der Waals surface area contributed by atoms with Crippen molar-refractivity contribution >= 4 is 28.3 Å². The van der Waals surface area contributed by atoms with Crippen molar-refractivity contribution in [2.45, 2.75) is 26.8 Å². The zero-order valence-corrected chi connectivity index (χ0v) is 19.9. The van der Waals surface area contributed by atoms with Crippen LogP contribution in [-0.2, 0) is 4.79 Å². The van der Waals surface area contributed by atoms with Gasteiger partial charge >= 0.3 is 0 Å². The summed E-state index contributed by atoms with van der Waals surface area (Å²) in [6, 6.07) is 22.0. The summed E-state index contributed by atoms with van der Waals surface area (Å²) in [7, 11) is 0. The second kappa shape index (κ2) is 8.92. The molecule has 1 atom stereocenters. The number of anilines is 1. The number of ether oxygens (including phenoxy) is 2. The molecule has 1 aliphatic rings. The number of carbonyl (C=O) groups is 1. The van der Waals surface area contributed by atoms with Crippen molar-refractivity contribution in [3.63, 3.8) is 0 Å². The summed E-state index contributed by atoms with van der Waals surface area (Å²) in [6.45, 7) is 6.01. The summed E-state index contributed by atoms with van der Waals surface area (Å²) in [5.74, 6) is 1.76. The average molecular weight is 470 g/mol. The van der Waals surface area contributed by atoms with E-state index in [-0.39, 0.29) is 18.1 Å². The third-order valence-electron chi connectivity index (χ3n) is 5.93. The molecule has 5 rings (SSSR count). The Bertz CT molecular complexity index is 1480. The average Bonchev–Trinajstić information content (AvgIpc) is 3.32. The van der Waals surface area contributed by atoms with E-state index in [1.807, 2.05) is 93.6 Å². The lowest BCUT2D eigenvalue weighted by molar-refractivity contribution is -0.119. The van der Waals surface area contributed by atoms with Crippen molar-refractivity contribution < 1.29 is 18.7 Å². The van der Waals surface area contributed by atoms with Gasteiger partial charge in [0.1, 0.15) is 11.3 Å². The van der Waals surface area contributed by atoms with Gasteiger partial charge in [-0.3, -0.25) is 4.79 Å². The summed E-state index contributed by atoms with van der Waals surface area (Å²) >= 11 is 0. The molecule has 178 valence electrons. The first kappa shape index (κ1) is 22.7. The van der Waals surface area contributed by atoms with Crippen molar-refractivity contribution in [2.75, 3.05) is 12.1 Å². The Morgan fingerprint density at radius 3 is 2.54 bits per heavy atom. The van der Waals surface area contributed by atoms with Gasteiger partial charge in [-0.15, -0.1) is 0 Å². The second-order valence-electron chi connectivity index (χ2n) is 9.52. The Kier molecular flexibility index (Phi) is 5.78. The molecule has 7 nitrogen and oxygen atoms in total. The molecule has 0 aliphatic carbocycles. The van der Waals surface area contributed by atoms with Gasteiger partial charge in [-0.05, 0) is 47.9 Å². The van der Waals surface area contributed by atoms with Crippen molar-refractivity contribution in [3.05, 3.63) is 78.2 Å². The maximum atomic E-state index is 12.8. The van der Waals surface area contributed by atoms with Crippen LogP contribution in [0.2, 0.25) is 0 Å². The molecule has 4 aromatic rings. The first-order chi connectivity index (χ1) is 16.8. The first-order valence-corrected chi connectivity index (χ1v) is 11.4. The number of nitrogens with one attached hydrogen (secondary N) is 1. The van der Waals surface area contributed by atoms with E-state index in [2.05, 4.69) is 5.32 Å². The van der Waals surface area contributed by atoms with Crippen LogP contribution in [0.5, 0.6) is 11.5 Å². The standard InChI is InChI=1S/C28H27N3O4/c1-28(2,3)26(29)27(32)31-20-10-6-5-9-19(20)30-21-15-24(35-22-11-7-4-8-18(21)22)17-12-13-23-25(14-17)34-16-33-23/h4-15,26H,16,29H2,1-3H3,(H,31,32). The van der Waals surface area contributed by atoms with Gasteiger partial charge in [0.05, 0.1) is 22.8 Å². The lowest BCUT2D eigenvalue weighted by Crippen LogP contribution is -2.45. The molecule has 0 bridgehead atoms. The molecule has 0 saturated carbocycles. The van der Waals surface area contributed by atoms with Gasteiger partial charge in [-0.2, -0.15) is 0 Å². The highest BCUT2D eigenvalue weighted by Crippen LogP contribution is 2.36. The quantitative estimate of drug-likeness (QED) is 0.418. The van der Waals surface area contributed by atoms with E-state index in [0.717, 1.165) is 10.9 Å². The highest BCUT2D eigenvalue weighted by molar-refractivity contribution is 5.97. The number of amides is 1. The van der Waals surface area contributed by atoms with Crippen LogP contribution in [0.4, 0.5) is 11.4 Å². The van der Waals surface area contributed by atoms with Crippen molar-refractivity contribution in [2.24, 2.45) is 16.1 Å². The Balaban J connectivity index is 1.61. The maximum Gasteiger partial charge on any atom is 0.241 e. The number of carbonyl (C=O) groups excluding carboxylic acids is 1. The fourth-order valence-electron chi connectivity index (χ4n) is 3.81. The van der Waals surface area contributed by atoms with Gasteiger partial charge in [0.15, 0.2) is 11.5 Å². The van der Waals surface area contributed by atoms with E-state index < -0.39 is 6.04 Å². The van der Waals surface area contributed by atoms with E-state index in [1.165, 1.54) is 0 Å². The predicted octanol–water partition coefficient (Wildman–Crippen LogP) is 5.37. The minimum Gasteiger partial charge on any atom is -0.456 e. The molecule has 35 heavy (non-hydrogen) atoms. The zero-order valence-electron chi connectivity index (χ0n) is 19.9. The predicted molar refractivity (Wildman–Crippen MR) is 135 cm³/mol. The van der Waals surface area contributed by atoms with Gasteiger partial charge < -0.3 is 24.9 Å². The van der Waals surface area contributed by atoms with Gasteiger partial charge in [0.25, 0.3) is 0 Å². The number of nitrogens with zero attached hydrogens (tertiary/aromatic N) is 1. The number of benzene rings is 3. The third kappa shape index (κ3) is 4.63. The highest BCUT2D eigenvalue weighted by atomic mass is 16.7. The van der Waals surface area contributed by atoms with E-state index >= 15 is 0 Å². The maximum absolute atomic E-state index is 12.8. The molecule has 1 aromatic heterocycles. The molecule has 1 unspecified atom stereocenters. The fraction of sp³-hybridized carbons (Fsp3) is 0.214. The molecule has 3 aromatic carbocycles. The van der Waals surface area contributed by atoms with Crippen LogP contribution >= 0.6 is 0 Å². The lowest BCUT2D eigenvalue weighted by atomic mass is 9.87. The zero-order chi connectivity index (χ0) is 24.6. The van der Waals surface area contributed by atoms with Crippen molar-refractivity contribution in [1.82, 2.24) is 0 Å². The Morgan fingerprint density at radius 1 is 0.971 bits per heavy atom. The molecular weight excluding hydrogens is 442 g/mol. The van der Waals surface area contributed by atoms with Crippen molar-refractivity contribution in [1.29, 1.82) is 0 Å². The SMILES string of the molecule is CC(C)(C)C(N)C(=O)Nc1ccccc1N=c1cc(-c2ccc3c(c2)OCO3)oc2ccccc12. The topological polar surface area (TPSA) is 99.1 Å². The van der Waals surface area contributed by atoms with Crippen LogP contribution in [0.3, 0.4) is 0 Å². The lowest BCUT2D eigenvalue weighted by Gasteiger charge is -2.26. The summed E-state index contributed by atoms with van der Waals surface area (Å²) in [4.78, 5) is 17.7. The minimum atomic E-state index is -0.662. The molecule has 3 N–H and O–H groups in total. The number of rotatable bonds is 4. The fourth-order valence-corrected chi connectivity index (χ4v) is 3.81. The van der Waals surface area contributed by atoms with Crippen LogP contribution in [0.25, 0.3) is 22.3 Å². The van der Waals surface area contributed by atoms with Gasteiger partial charge in [0.2, 0.25) is 12.7 Å². The summed E-state index contributed by atoms with van der Waals surface area (Å²) in [5, 5.41) is 4.51. The molecule has 1 aliphatic heterocycles. The van der Waals surface area contributed by atoms with Crippen molar-refractivity contribution in [3.8, 4) is 22.8 Å². The van der Waals surface area contributed by atoms with E-state index in [0.29, 0.717) is 39.6 Å². The Hall–Kier alpha value is -4.10. The largest absolute Gasteiger partial charge is 0.456 e. The minimum absolute atomic E-state index is 0.204. The number of nitrogens with two attached hydrogens (primary N) is 1. The van der Waals surface area contributed by atoms with E-state index in [1.54, 1.807) is 0 Å². The molecule has 0 saturated heterocycles. The number of para-hydroxylation sites is 3.